The van der Waals surface area contributed by atoms with Crippen LogP contribution in [0.1, 0.15) is 0 Å². The highest BCUT2D eigenvalue weighted by Crippen LogP contribution is 2.38. The Morgan fingerprint density at radius 2 is 1.75 bits per heavy atom. The highest BCUT2D eigenvalue weighted by molar-refractivity contribution is 8.00. The number of thioether (sulfide) groups is 1. The van der Waals surface area contributed by atoms with Crippen LogP contribution in [0.2, 0.25) is 0 Å². The number of ether oxygens (including phenoxy) is 3. The Kier molecular flexibility index (Phi) is 6.77. The summed E-state index contributed by atoms with van der Waals surface area (Å²) in [4.78, 5) is 22.4. The molecule has 0 spiro atoms. The number of aromatic nitrogens is 2. The minimum atomic E-state index is -0.161. The van der Waals surface area contributed by atoms with E-state index >= 15 is 0 Å². The molecule has 0 atom stereocenters. The van der Waals surface area contributed by atoms with Crippen LogP contribution in [0.3, 0.4) is 0 Å². The van der Waals surface area contributed by atoms with Crippen molar-refractivity contribution in [3.05, 3.63) is 54.2 Å². The van der Waals surface area contributed by atoms with Crippen LogP contribution in [-0.2, 0) is 4.79 Å². The molecular formula is C23H21N3O4S2. The monoisotopic (exact) mass is 467 g/mol. The van der Waals surface area contributed by atoms with Crippen LogP contribution in [0, 0.1) is 0 Å². The van der Waals surface area contributed by atoms with Gasteiger partial charge in [-0.05, 0) is 29.8 Å². The second kappa shape index (κ2) is 9.88. The Hall–Kier alpha value is -3.30. The highest BCUT2D eigenvalue weighted by Gasteiger charge is 2.16. The van der Waals surface area contributed by atoms with Crippen LogP contribution in [0.15, 0.2) is 59.2 Å². The highest BCUT2D eigenvalue weighted by atomic mass is 32.2. The fraction of sp³-hybridized carbons (Fsp3) is 0.174. The molecule has 164 valence electrons. The van der Waals surface area contributed by atoms with Crippen LogP contribution in [0.25, 0.3) is 21.3 Å². The average Bonchev–Trinajstić information content (AvgIpc) is 3.28. The molecule has 4 aromatic rings. The van der Waals surface area contributed by atoms with E-state index in [1.165, 1.54) is 18.1 Å². The molecule has 2 heterocycles. The van der Waals surface area contributed by atoms with E-state index in [9.17, 15) is 4.79 Å². The second-order valence-corrected chi connectivity index (χ2v) is 8.46. The predicted octanol–water partition coefficient (Wildman–Crippen LogP) is 5.11. The largest absolute Gasteiger partial charge is 0.497 e. The number of carbonyl (C=O) groups is 1. The number of rotatable bonds is 8. The molecule has 0 saturated carbocycles. The number of amides is 1. The molecule has 0 aliphatic rings. The van der Waals surface area contributed by atoms with Gasteiger partial charge in [0, 0.05) is 17.0 Å². The van der Waals surface area contributed by atoms with Gasteiger partial charge < -0.3 is 19.5 Å². The summed E-state index contributed by atoms with van der Waals surface area (Å²) in [6, 6.07) is 13.1. The minimum absolute atomic E-state index is 0.161. The summed E-state index contributed by atoms with van der Waals surface area (Å²) < 4.78 is 15.8. The first-order valence-corrected chi connectivity index (χ1v) is 11.5. The molecule has 0 fully saturated rings. The second-order valence-electron chi connectivity index (χ2n) is 6.64. The Morgan fingerprint density at radius 1 is 1.00 bits per heavy atom. The third-order valence-corrected chi connectivity index (χ3v) is 6.64. The number of carbonyl (C=O) groups excluding carboxylic acids is 1. The molecule has 7 nitrogen and oxygen atoms in total. The molecule has 1 amide bonds. The van der Waals surface area contributed by atoms with Gasteiger partial charge in [-0.25, -0.2) is 9.97 Å². The fourth-order valence-electron chi connectivity index (χ4n) is 3.16. The van der Waals surface area contributed by atoms with Gasteiger partial charge in [0.15, 0.2) is 0 Å². The minimum Gasteiger partial charge on any atom is -0.497 e. The van der Waals surface area contributed by atoms with E-state index in [4.69, 9.17) is 14.2 Å². The zero-order chi connectivity index (χ0) is 22.5. The lowest BCUT2D eigenvalue weighted by molar-refractivity contribution is -0.113. The predicted molar refractivity (Wildman–Crippen MR) is 128 cm³/mol. The first-order chi connectivity index (χ1) is 15.6. The van der Waals surface area contributed by atoms with E-state index < -0.39 is 0 Å². The van der Waals surface area contributed by atoms with Gasteiger partial charge in [-0.2, -0.15) is 0 Å². The quantitative estimate of drug-likeness (QED) is 0.285. The number of fused-ring (bicyclic) bond motifs is 1. The first-order valence-electron chi connectivity index (χ1n) is 9.64. The number of thiophene rings is 1. The van der Waals surface area contributed by atoms with Gasteiger partial charge in [0.25, 0.3) is 0 Å². The van der Waals surface area contributed by atoms with Crippen LogP contribution >= 0.6 is 23.1 Å². The molecule has 2 aromatic heterocycles. The summed E-state index contributed by atoms with van der Waals surface area (Å²) in [5.74, 6) is 2.02. The smallest absolute Gasteiger partial charge is 0.234 e. The molecule has 1 N–H and O–H groups in total. The molecule has 32 heavy (non-hydrogen) atoms. The molecule has 4 rings (SSSR count). The summed E-state index contributed by atoms with van der Waals surface area (Å²) in [6.45, 7) is 0. The fourth-order valence-corrected chi connectivity index (χ4v) is 4.96. The topological polar surface area (TPSA) is 82.6 Å². The van der Waals surface area contributed by atoms with Crippen molar-refractivity contribution in [1.29, 1.82) is 0 Å². The normalized spacial score (nSPS) is 10.7. The van der Waals surface area contributed by atoms with Gasteiger partial charge >= 0.3 is 0 Å². The summed E-state index contributed by atoms with van der Waals surface area (Å²) in [5, 5.41) is 6.66. The van der Waals surface area contributed by atoms with Crippen LogP contribution in [0.4, 0.5) is 5.69 Å². The molecule has 0 radical (unpaired) electrons. The maximum absolute atomic E-state index is 12.6. The van der Waals surface area contributed by atoms with E-state index in [0.717, 1.165) is 32.1 Å². The van der Waals surface area contributed by atoms with E-state index in [0.29, 0.717) is 17.2 Å². The average molecular weight is 468 g/mol. The first kappa shape index (κ1) is 21.9. The van der Waals surface area contributed by atoms with E-state index in [1.54, 1.807) is 50.9 Å². The van der Waals surface area contributed by atoms with Crippen molar-refractivity contribution in [2.45, 2.75) is 5.03 Å². The Bertz CT molecular complexity index is 1240. The lowest BCUT2D eigenvalue weighted by atomic mass is 10.1. The van der Waals surface area contributed by atoms with Gasteiger partial charge in [-0.15, -0.1) is 11.3 Å². The Morgan fingerprint density at radius 3 is 2.47 bits per heavy atom. The zero-order valence-electron chi connectivity index (χ0n) is 17.7. The number of methoxy groups -OCH3 is 3. The van der Waals surface area contributed by atoms with Gasteiger partial charge in [0.2, 0.25) is 5.91 Å². The standard InChI is InChI=1S/C23H21N3O4S2/c1-28-15-6-4-14(5-7-15)17-11-31-22-21(17)23(25-13-24-22)32-12-20(27)26-18-9-8-16(29-2)10-19(18)30-3/h4-11,13H,12H2,1-3H3,(H,26,27). The Balaban J connectivity index is 1.53. The molecule has 0 bridgehead atoms. The molecule has 2 aromatic carbocycles. The van der Waals surface area contributed by atoms with Crippen molar-refractivity contribution >= 4 is 44.9 Å². The third-order valence-electron chi connectivity index (χ3n) is 4.76. The molecule has 9 heteroatoms. The molecular weight excluding hydrogens is 446 g/mol. The SMILES string of the molecule is COc1ccc(-c2csc3ncnc(SCC(=O)Nc4ccc(OC)cc4OC)c23)cc1. The maximum Gasteiger partial charge on any atom is 0.234 e. The molecule has 0 saturated heterocycles. The van der Waals surface area contributed by atoms with Gasteiger partial charge in [0.05, 0.1) is 38.2 Å². The molecule has 0 aliphatic carbocycles. The van der Waals surface area contributed by atoms with Gasteiger partial charge in [0.1, 0.15) is 33.4 Å². The van der Waals surface area contributed by atoms with Crippen molar-refractivity contribution in [3.63, 3.8) is 0 Å². The molecule has 0 unspecified atom stereocenters. The van der Waals surface area contributed by atoms with Crippen molar-refractivity contribution in [3.8, 4) is 28.4 Å². The van der Waals surface area contributed by atoms with Crippen molar-refractivity contribution in [1.82, 2.24) is 9.97 Å². The number of hydrogen-bond acceptors (Lipinski definition) is 8. The summed E-state index contributed by atoms with van der Waals surface area (Å²) in [7, 11) is 4.77. The Labute approximate surface area is 193 Å². The number of hydrogen-bond donors (Lipinski definition) is 1. The van der Waals surface area contributed by atoms with E-state index in [1.807, 2.05) is 24.3 Å². The number of nitrogens with one attached hydrogen (secondary N) is 1. The van der Waals surface area contributed by atoms with Crippen molar-refractivity contribution in [2.75, 3.05) is 32.4 Å². The zero-order valence-corrected chi connectivity index (χ0v) is 19.4. The maximum atomic E-state index is 12.6. The third kappa shape index (κ3) is 4.63. The van der Waals surface area contributed by atoms with E-state index in [2.05, 4.69) is 20.7 Å². The van der Waals surface area contributed by atoms with Gasteiger partial charge in [-0.3, -0.25) is 4.79 Å². The number of anilines is 1. The van der Waals surface area contributed by atoms with Gasteiger partial charge in [-0.1, -0.05) is 23.9 Å². The number of nitrogens with zero attached hydrogens (tertiary/aromatic N) is 2. The molecule has 0 aliphatic heterocycles. The van der Waals surface area contributed by atoms with Crippen molar-refractivity contribution in [2.24, 2.45) is 0 Å². The van der Waals surface area contributed by atoms with Crippen molar-refractivity contribution < 1.29 is 19.0 Å². The van der Waals surface area contributed by atoms with Crippen LogP contribution < -0.4 is 19.5 Å². The van der Waals surface area contributed by atoms with Crippen LogP contribution in [-0.4, -0.2) is 43.0 Å². The van der Waals surface area contributed by atoms with E-state index in [-0.39, 0.29) is 11.7 Å². The lowest BCUT2D eigenvalue weighted by Gasteiger charge is -2.11. The summed E-state index contributed by atoms with van der Waals surface area (Å²) in [6.07, 6.45) is 1.53. The summed E-state index contributed by atoms with van der Waals surface area (Å²) >= 11 is 2.93. The summed E-state index contributed by atoms with van der Waals surface area (Å²) in [5.41, 5.74) is 2.66. The van der Waals surface area contributed by atoms with Crippen LogP contribution in [0.5, 0.6) is 17.2 Å². The number of benzene rings is 2. The lowest BCUT2D eigenvalue weighted by Crippen LogP contribution is -2.14.